The van der Waals surface area contributed by atoms with Gasteiger partial charge in [-0.2, -0.15) is 0 Å². The van der Waals surface area contributed by atoms with Gasteiger partial charge in [-0.3, -0.25) is 0 Å². The smallest absolute Gasteiger partial charge is 0.374 e. The summed E-state index contributed by atoms with van der Waals surface area (Å²) in [4.78, 5) is 11.6. The third kappa shape index (κ3) is 1.95. The van der Waals surface area contributed by atoms with Crippen LogP contribution in [0.25, 0.3) is 0 Å². The third-order valence-electron chi connectivity index (χ3n) is 2.63. The normalized spacial score (nSPS) is 14.8. The molecular weight excluding hydrogens is 260 g/mol. The van der Waals surface area contributed by atoms with Crippen LogP contribution in [0.3, 0.4) is 0 Å². The number of ether oxygens (including phenoxy) is 1. The lowest BCUT2D eigenvalue weighted by Gasteiger charge is -2.10. The van der Waals surface area contributed by atoms with Gasteiger partial charge in [0.2, 0.25) is 5.76 Å². The highest BCUT2D eigenvalue weighted by Crippen LogP contribution is 2.33. The molecule has 0 aliphatic heterocycles. The number of furan rings is 1. The molecule has 0 aromatic carbocycles. The van der Waals surface area contributed by atoms with Crippen LogP contribution in [0, 0.1) is 0 Å². The van der Waals surface area contributed by atoms with Crippen molar-refractivity contribution < 1.29 is 13.9 Å². The molecule has 0 fully saturated rings. The molecule has 0 N–H and O–H groups in total. The van der Waals surface area contributed by atoms with Crippen molar-refractivity contribution in [3.05, 3.63) is 21.6 Å². The fourth-order valence-electron chi connectivity index (χ4n) is 1.95. The fourth-order valence-corrected chi connectivity index (χ4v) is 2.55. The molecule has 15 heavy (non-hydrogen) atoms. The summed E-state index contributed by atoms with van der Waals surface area (Å²) in [7, 11) is 0. The second kappa shape index (κ2) is 4.39. The molecule has 0 radical (unpaired) electrons. The van der Waals surface area contributed by atoms with Crippen LogP contribution < -0.4 is 0 Å². The van der Waals surface area contributed by atoms with Crippen LogP contribution in [-0.2, 0) is 17.6 Å². The van der Waals surface area contributed by atoms with E-state index in [2.05, 4.69) is 15.9 Å². The first-order valence-corrected chi connectivity index (χ1v) is 6.00. The Kier molecular flexibility index (Phi) is 3.14. The van der Waals surface area contributed by atoms with Crippen molar-refractivity contribution in [1.82, 2.24) is 0 Å². The lowest BCUT2D eigenvalue weighted by atomic mass is 9.94. The van der Waals surface area contributed by atoms with Crippen LogP contribution >= 0.6 is 15.9 Å². The number of carbonyl (C=O) groups excluding carboxylic acids is 1. The highest BCUT2D eigenvalue weighted by atomic mass is 79.9. The van der Waals surface area contributed by atoms with Crippen molar-refractivity contribution in [3.8, 4) is 0 Å². The van der Waals surface area contributed by atoms with Crippen LogP contribution in [0.2, 0.25) is 0 Å². The number of halogens is 1. The van der Waals surface area contributed by atoms with Crippen LogP contribution in [0.4, 0.5) is 0 Å². The maximum absolute atomic E-state index is 11.6. The predicted octanol–water partition coefficient (Wildman–Crippen LogP) is 3.10. The van der Waals surface area contributed by atoms with Crippen molar-refractivity contribution >= 4 is 21.9 Å². The van der Waals surface area contributed by atoms with Crippen molar-refractivity contribution in [2.75, 3.05) is 6.61 Å². The molecule has 82 valence electrons. The van der Waals surface area contributed by atoms with E-state index in [9.17, 15) is 4.79 Å². The first-order chi connectivity index (χ1) is 7.24. The maximum Gasteiger partial charge on any atom is 0.374 e. The lowest BCUT2D eigenvalue weighted by Crippen LogP contribution is -2.09. The molecule has 0 amide bonds. The van der Waals surface area contributed by atoms with E-state index in [1.807, 2.05) is 0 Å². The molecule has 1 aromatic rings. The van der Waals surface area contributed by atoms with E-state index in [1.54, 1.807) is 6.92 Å². The van der Waals surface area contributed by atoms with Crippen LogP contribution in [0.1, 0.15) is 41.4 Å². The van der Waals surface area contributed by atoms with Gasteiger partial charge in [0.15, 0.2) is 4.67 Å². The van der Waals surface area contributed by atoms with Crippen LogP contribution in [0.5, 0.6) is 0 Å². The topological polar surface area (TPSA) is 39.4 Å². The van der Waals surface area contributed by atoms with E-state index in [1.165, 1.54) is 0 Å². The molecule has 0 saturated heterocycles. The first kappa shape index (κ1) is 10.7. The Balaban J connectivity index is 2.35. The second-order valence-electron chi connectivity index (χ2n) is 3.59. The first-order valence-electron chi connectivity index (χ1n) is 5.21. The van der Waals surface area contributed by atoms with Crippen molar-refractivity contribution in [3.63, 3.8) is 0 Å². The number of carbonyl (C=O) groups is 1. The summed E-state index contributed by atoms with van der Waals surface area (Å²) in [5.41, 5.74) is 2.18. The van der Waals surface area contributed by atoms with Crippen LogP contribution in [0.15, 0.2) is 9.09 Å². The molecule has 0 atom stereocenters. The van der Waals surface area contributed by atoms with Gasteiger partial charge in [0, 0.05) is 11.1 Å². The zero-order valence-electron chi connectivity index (χ0n) is 8.64. The largest absolute Gasteiger partial charge is 0.460 e. The van der Waals surface area contributed by atoms with Crippen molar-refractivity contribution in [1.29, 1.82) is 0 Å². The van der Waals surface area contributed by atoms with Gasteiger partial charge in [-0.15, -0.1) is 0 Å². The average molecular weight is 273 g/mol. The lowest BCUT2D eigenvalue weighted by molar-refractivity contribution is 0.0487. The molecule has 1 aliphatic carbocycles. The minimum Gasteiger partial charge on any atom is -0.460 e. The monoisotopic (exact) mass is 272 g/mol. The number of esters is 1. The van der Waals surface area contributed by atoms with E-state index in [0.29, 0.717) is 17.0 Å². The summed E-state index contributed by atoms with van der Waals surface area (Å²) < 4.78 is 11.1. The molecule has 0 unspecified atom stereocenters. The molecule has 4 heteroatoms. The van der Waals surface area contributed by atoms with Gasteiger partial charge in [0.25, 0.3) is 0 Å². The molecule has 0 saturated carbocycles. The second-order valence-corrected chi connectivity index (χ2v) is 4.31. The molecule has 1 aromatic heterocycles. The van der Waals surface area contributed by atoms with E-state index in [4.69, 9.17) is 9.15 Å². The van der Waals surface area contributed by atoms with E-state index >= 15 is 0 Å². The molecule has 1 aliphatic rings. The molecule has 2 rings (SSSR count). The van der Waals surface area contributed by atoms with Gasteiger partial charge in [0.1, 0.15) is 0 Å². The SMILES string of the molecule is CCOC(=O)c1oc(Br)c2c1CCCC2. The standard InChI is InChI=1S/C11H13BrO3/c1-2-14-11(13)9-7-5-3-4-6-8(7)10(12)15-9/h2-6H2,1H3. The average Bonchev–Trinajstić information content (AvgIpc) is 2.58. The van der Waals surface area contributed by atoms with Gasteiger partial charge in [-0.25, -0.2) is 4.79 Å². The van der Waals surface area contributed by atoms with Gasteiger partial charge < -0.3 is 9.15 Å². The Labute approximate surface area is 96.9 Å². The summed E-state index contributed by atoms with van der Waals surface area (Å²) in [6.07, 6.45) is 4.18. The summed E-state index contributed by atoms with van der Waals surface area (Å²) in [6, 6.07) is 0. The fraction of sp³-hybridized carbons (Fsp3) is 0.545. The van der Waals surface area contributed by atoms with Gasteiger partial charge in [-0.05, 0) is 48.5 Å². The maximum atomic E-state index is 11.6. The highest BCUT2D eigenvalue weighted by Gasteiger charge is 2.26. The summed E-state index contributed by atoms with van der Waals surface area (Å²) in [5.74, 6) is 0.0415. The Morgan fingerprint density at radius 2 is 2.07 bits per heavy atom. The zero-order chi connectivity index (χ0) is 10.8. The summed E-state index contributed by atoms with van der Waals surface area (Å²) >= 11 is 3.35. The molecule has 0 spiro atoms. The quantitative estimate of drug-likeness (QED) is 0.777. The Morgan fingerprint density at radius 1 is 1.40 bits per heavy atom. The van der Waals surface area contributed by atoms with Crippen molar-refractivity contribution in [2.24, 2.45) is 0 Å². The molecule has 0 bridgehead atoms. The molecule has 1 heterocycles. The van der Waals surface area contributed by atoms with E-state index < -0.39 is 0 Å². The summed E-state index contributed by atoms with van der Waals surface area (Å²) in [6.45, 7) is 2.17. The minimum atomic E-state index is -0.346. The number of fused-ring (bicyclic) bond motifs is 1. The van der Waals surface area contributed by atoms with Crippen molar-refractivity contribution in [2.45, 2.75) is 32.6 Å². The Hall–Kier alpha value is -0.770. The van der Waals surface area contributed by atoms with Gasteiger partial charge in [-0.1, -0.05) is 0 Å². The highest BCUT2D eigenvalue weighted by molar-refractivity contribution is 9.10. The van der Waals surface area contributed by atoms with Gasteiger partial charge >= 0.3 is 5.97 Å². The van der Waals surface area contributed by atoms with E-state index in [0.717, 1.165) is 36.8 Å². The zero-order valence-corrected chi connectivity index (χ0v) is 10.2. The Morgan fingerprint density at radius 3 is 2.73 bits per heavy atom. The van der Waals surface area contributed by atoms with E-state index in [-0.39, 0.29) is 5.97 Å². The van der Waals surface area contributed by atoms with Crippen LogP contribution in [-0.4, -0.2) is 12.6 Å². The molecular formula is C11H13BrO3. The minimum absolute atomic E-state index is 0.346. The number of hydrogen-bond donors (Lipinski definition) is 0. The number of hydrogen-bond acceptors (Lipinski definition) is 3. The molecule has 3 nitrogen and oxygen atoms in total. The third-order valence-corrected chi connectivity index (χ3v) is 3.27. The Bertz CT molecular complexity index is 381. The number of rotatable bonds is 2. The summed E-state index contributed by atoms with van der Waals surface area (Å²) in [5, 5.41) is 0. The predicted molar refractivity (Wildman–Crippen MR) is 59.0 cm³/mol. The van der Waals surface area contributed by atoms with Gasteiger partial charge in [0.05, 0.1) is 6.61 Å².